The number of fused-ring (bicyclic) bond motifs is 1. The van der Waals surface area contributed by atoms with Crippen LogP contribution in [0, 0.1) is 0 Å². The first-order chi connectivity index (χ1) is 14.8. The summed E-state index contributed by atoms with van der Waals surface area (Å²) in [6, 6.07) is 10.3. The molecule has 2 heterocycles. The molecule has 164 valence electrons. The van der Waals surface area contributed by atoms with Crippen LogP contribution in [0.3, 0.4) is 0 Å². The van der Waals surface area contributed by atoms with Crippen molar-refractivity contribution >= 4 is 17.4 Å². The third-order valence-corrected chi connectivity index (χ3v) is 6.01. The number of ether oxygens (including phenoxy) is 1. The van der Waals surface area contributed by atoms with E-state index in [0.29, 0.717) is 11.3 Å². The van der Waals surface area contributed by atoms with Crippen LogP contribution in [-0.2, 0) is 22.2 Å². The van der Waals surface area contributed by atoms with Crippen molar-refractivity contribution in [3.8, 4) is 5.75 Å². The smallest absolute Gasteiger partial charge is 0.416 e. The van der Waals surface area contributed by atoms with Crippen LogP contribution in [0.5, 0.6) is 5.75 Å². The molecule has 1 fully saturated rings. The summed E-state index contributed by atoms with van der Waals surface area (Å²) in [6.45, 7) is 0.943. The molecule has 2 unspecified atom stereocenters. The Labute approximate surface area is 178 Å². The van der Waals surface area contributed by atoms with Crippen molar-refractivity contribution in [1.29, 1.82) is 0 Å². The topological polar surface area (TPSA) is 58.6 Å². The van der Waals surface area contributed by atoms with Gasteiger partial charge in [-0.2, -0.15) is 13.2 Å². The molecule has 0 spiro atoms. The molecule has 31 heavy (non-hydrogen) atoms. The van der Waals surface area contributed by atoms with Crippen LogP contribution in [0.4, 0.5) is 18.9 Å². The molecule has 0 saturated carbocycles. The summed E-state index contributed by atoms with van der Waals surface area (Å²) < 4.78 is 46.7. The molecular formula is C23H23F3N2O3. The molecule has 2 aromatic rings. The number of hydrogen-bond donors (Lipinski definition) is 1. The Morgan fingerprint density at radius 2 is 1.87 bits per heavy atom. The average molecular weight is 432 g/mol. The summed E-state index contributed by atoms with van der Waals surface area (Å²) in [5, 5.41) is 3.25. The van der Waals surface area contributed by atoms with Crippen LogP contribution in [0.1, 0.15) is 35.4 Å². The molecule has 0 radical (unpaired) electrons. The number of nitrogens with zero attached hydrogens (tertiary/aromatic N) is 1. The molecule has 1 N–H and O–H groups in total. The molecule has 0 aromatic heterocycles. The molecule has 2 aliphatic heterocycles. The van der Waals surface area contributed by atoms with E-state index in [1.807, 2.05) is 0 Å². The van der Waals surface area contributed by atoms with E-state index in [2.05, 4.69) is 5.32 Å². The molecule has 0 aliphatic carbocycles. The molecule has 1 saturated heterocycles. The zero-order valence-electron chi connectivity index (χ0n) is 17.0. The summed E-state index contributed by atoms with van der Waals surface area (Å²) >= 11 is 0. The lowest BCUT2D eigenvalue weighted by Crippen LogP contribution is -2.44. The van der Waals surface area contributed by atoms with E-state index in [-0.39, 0.29) is 30.3 Å². The van der Waals surface area contributed by atoms with Crippen molar-refractivity contribution in [3.05, 3.63) is 59.2 Å². The first-order valence-corrected chi connectivity index (χ1v) is 10.2. The number of ketones is 1. The fourth-order valence-electron chi connectivity index (χ4n) is 4.42. The number of rotatable bonds is 4. The average Bonchev–Trinajstić information content (AvgIpc) is 3.24. The lowest BCUT2D eigenvalue weighted by molar-refractivity contribution is -0.138. The van der Waals surface area contributed by atoms with Crippen molar-refractivity contribution in [1.82, 2.24) is 5.32 Å². The molecule has 2 aromatic carbocycles. The van der Waals surface area contributed by atoms with E-state index in [0.717, 1.165) is 25.5 Å². The van der Waals surface area contributed by atoms with Gasteiger partial charge in [-0.1, -0.05) is 18.2 Å². The number of anilines is 1. The number of methoxy groups -OCH3 is 1. The minimum Gasteiger partial charge on any atom is -0.497 e. The standard InChI is InChI=1S/C23H23F3N2O3/c1-31-16-9-7-14(8-10-16)17-12-18-19(23(24,25)26)5-2-6-20(18)28(22(30)21(17)29)13-15-4-3-11-27-15/h2,5-10,15,17,27H,3-4,11-13H2,1H3. The van der Waals surface area contributed by atoms with Gasteiger partial charge in [0, 0.05) is 18.3 Å². The lowest BCUT2D eigenvalue weighted by Gasteiger charge is -2.26. The Balaban J connectivity index is 1.82. The first-order valence-electron chi connectivity index (χ1n) is 10.2. The summed E-state index contributed by atoms with van der Waals surface area (Å²) in [5.74, 6) is -1.91. The van der Waals surface area contributed by atoms with Crippen LogP contribution < -0.4 is 15.0 Å². The van der Waals surface area contributed by atoms with Gasteiger partial charge in [-0.25, -0.2) is 0 Å². The van der Waals surface area contributed by atoms with Gasteiger partial charge in [0.15, 0.2) is 0 Å². The number of hydrogen-bond acceptors (Lipinski definition) is 4. The minimum absolute atomic E-state index is 0.0204. The fraction of sp³-hybridized carbons (Fsp3) is 0.391. The highest BCUT2D eigenvalue weighted by atomic mass is 19.4. The number of carbonyl (C=O) groups excluding carboxylic acids is 2. The van der Waals surface area contributed by atoms with Crippen molar-refractivity contribution in [2.75, 3.05) is 25.1 Å². The van der Waals surface area contributed by atoms with Gasteiger partial charge in [0.2, 0.25) is 5.78 Å². The molecule has 8 heteroatoms. The zero-order valence-corrected chi connectivity index (χ0v) is 17.0. The quantitative estimate of drug-likeness (QED) is 0.749. The maximum Gasteiger partial charge on any atom is 0.416 e. The van der Waals surface area contributed by atoms with Gasteiger partial charge in [0.25, 0.3) is 5.91 Å². The normalized spacial score (nSPS) is 21.7. The number of benzene rings is 2. The maximum absolute atomic E-state index is 13.8. The van der Waals surface area contributed by atoms with Gasteiger partial charge in [-0.3, -0.25) is 9.59 Å². The summed E-state index contributed by atoms with van der Waals surface area (Å²) in [5.41, 5.74) is -0.177. The predicted molar refractivity (Wildman–Crippen MR) is 109 cm³/mol. The first kappa shape index (κ1) is 21.4. The Morgan fingerprint density at radius 1 is 1.13 bits per heavy atom. The minimum atomic E-state index is -4.59. The third-order valence-electron chi connectivity index (χ3n) is 6.01. The Kier molecular flexibility index (Phi) is 5.75. The molecule has 0 bridgehead atoms. The predicted octanol–water partition coefficient (Wildman–Crippen LogP) is 3.71. The van der Waals surface area contributed by atoms with Crippen LogP contribution in [0.2, 0.25) is 0 Å². The van der Waals surface area contributed by atoms with Crippen molar-refractivity contribution in [3.63, 3.8) is 0 Å². The Hall–Kier alpha value is -2.87. The fourth-order valence-corrected chi connectivity index (χ4v) is 4.42. The SMILES string of the molecule is COc1ccc(C2Cc3c(cccc3C(F)(F)F)N(CC3CCCN3)C(=O)C2=O)cc1. The van der Waals surface area contributed by atoms with Gasteiger partial charge in [0.1, 0.15) is 5.75 Å². The Morgan fingerprint density at radius 3 is 2.48 bits per heavy atom. The molecule has 4 rings (SSSR count). The number of nitrogens with one attached hydrogen (secondary N) is 1. The van der Waals surface area contributed by atoms with Crippen LogP contribution in [-0.4, -0.2) is 37.9 Å². The Bertz CT molecular complexity index is 983. The highest BCUT2D eigenvalue weighted by molar-refractivity contribution is 6.43. The molecule has 1 amide bonds. The maximum atomic E-state index is 13.8. The second-order valence-corrected chi connectivity index (χ2v) is 7.90. The summed E-state index contributed by atoms with van der Waals surface area (Å²) in [7, 11) is 1.50. The van der Waals surface area contributed by atoms with Crippen molar-refractivity contribution < 1.29 is 27.5 Å². The van der Waals surface area contributed by atoms with E-state index >= 15 is 0 Å². The molecule has 2 aliphatic rings. The number of carbonyl (C=O) groups is 2. The second-order valence-electron chi connectivity index (χ2n) is 7.90. The van der Waals surface area contributed by atoms with E-state index in [4.69, 9.17) is 4.74 Å². The molecular weight excluding hydrogens is 409 g/mol. The highest BCUT2D eigenvalue weighted by Crippen LogP contribution is 2.41. The summed E-state index contributed by atoms with van der Waals surface area (Å²) in [4.78, 5) is 27.6. The van der Waals surface area contributed by atoms with Crippen LogP contribution in [0.25, 0.3) is 0 Å². The number of amides is 1. The molecule has 2 atom stereocenters. The monoisotopic (exact) mass is 432 g/mol. The van der Waals surface area contributed by atoms with E-state index in [9.17, 15) is 22.8 Å². The van der Waals surface area contributed by atoms with Crippen molar-refractivity contribution in [2.24, 2.45) is 0 Å². The van der Waals surface area contributed by atoms with Crippen molar-refractivity contribution in [2.45, 2.75) is 37.4 Å². The third kappa shape index (κ3) is 4.17. The van der Waals surface area contributed by atoms with Gasteiger partial charge < -0.3 is 15.0 Å². The highest BCUT2D eigenvalue weighted by Gasteiger charge is 2.42. The van der Waals surface area contributed by atoms with Gasteiger partial charge >= 0.3 is 6.18 Å². The number of Topliss-reactive ketones (excluding diaryl/α,β-unsaturated/α-hetero) is 1. The van der Waals surface area contributed by atoms with Crippen LogP contribution >= 0.6 is 0 Å². The zero-order chi connectivity index (χ0) is 22.2. The second kappa shape index (κ2) is 8.34. The van der Waals surface area contributed by atoms with E-state index in [1.165, 1.54) is 24.1 Å². The number of halogens is 3. The lowest BCUT2D eigenvalue weighted by atomic mass is 9.87. The van der Waals surface area contributed by atoms with Gasteiger partial charge in [-0.05, 0) is 61.2 Å². The van der Waals surface area contributed by atoms with E-state index < -0.39 is 29.3 Å². The van der Waals surface area contributed by atoms with Gasteiger partial charge in [-0.15, -0.1) is 0 Å². The van der Waals surface area contributed by atoms with E-state index in [1.54, 1.807) is 24.3 Å². The number of alkyl halides is 3. The molecule has 5 nitrogen and oxygen atoms in total. The van der Waals surface area contributed by atoms with Gasteiger partial charge in [0.05, 0.1) is 18.6 Å². The largest absolute Gasteiger partial charge is 0.497 e. The summed E-state index contributed by atoms with van der Waals surface area (Å²) in [6.07, 6.45) is -3.07. The van der Waals surface area contributed by atoms with Crippen LogP contribution in [0.15, 0.2) is 42.5 Å².